The summed E-state index contributed by atoms with van der Waals surface area (Å²) in [5.41, 5.74) is 5.47. The monoisotopic (exact) mass is 253 g/mol. The van der Waals surface area contributed by atoms with Crippen molar-refractivity contribution in [3.8, 4) is 5.75 Å². The maximum Gasteiger partial charge on any atom is 0.143 e. The molecule has 0 bridgehead atoms. The molecule has 2 unspecified atom stereocenters. The summed E-state index contributed by atoms with van der Waals surface area (Å²) >= 11 is 0. The molecule has 4 rings (SSSR count). The van der Waals surface area contributed by atoms with Crippen LogP contribution in [0.1, 0.15) is 25.3 Å². The molecule has 1 fully saturated rings. The number of hydrogen-bond donors (Lipinski definition) is 0. The van der Waals surface area contributed by atoms with E-state index >= 15 is 0 Å². The standard InChI is InChI=1S/C17H19NO/c1-11-5-6-15-14(9-11)18-7-3-4-13-8-12(2)10-16(19-15)17(13)18/h5-6,8-10,16-17H,3-4,7H2,1-2H3. The summed E-state index contributed by atoms with van der Waals surface area (Å²) < 4.78 is 6.24. The van der Waals surface area contributed by atoms with Crippen LogP contribution in [0.25, 0.3) is 0 Å². The highest BCUT2D eigenvalue weighted by Gasteiger charge is 2.40. The molecular formula is C17H19NO. The molecule has 0 radical (unpaired) electrons. The Kier molecular flexibility index (Phi) is 2.29. The quantitative estimate of drug-likeness (QED) is 0.700. The van der Waals surface area contributed by atoms with Crippen LogP contribution in [0.15, 0.2) is 41.5 Å². The van der Waals surface area contributed by atoms with Crippen molar-refractivity contribution < 1.29 is 4.74 Å². The SMILES string of the molecule is CC1=CC2Oc3ccc(C)cc3N3CCCC(=C1)C23. The third-order valence-corrected chi connectivity index (χ3v) is 4.42. The predicted molar refractivity (Wildman–Crippen MR) is 77.8 cm³/mol. The average Bonchev–Trinajstić information content (AvgIpc) is 2.39. The van der Waals surface area contributed by atoms with Crippen molar-refractivity contribution in [3.05, 3.63) is 47.1 Å². The van der Waals surface area contributed by atoms with E-state index < -0.39 is 0 Å². The number of hydrogen-bond acceptors (Lipinski definition) is 2. The molecule has 2 atom stereocenters. The maximum absolute atomic E-state index is 6.24. The van der Waals surface area contributed by atoms with Crippen LogP contribution in [0.5, 0.6) is 5.75 Å². The summed E-state index contributed by atoms with van der Waals surface area (Å²) in [4.78, 5) is 2.55. The minimum atomic E-state index is 0.190. The van der Waals surface area contributed by atoms with Crippen molar-refractivity contribution in [1.82, 2.24) is 0 Å². The lowest BCUT2D eigenvalue weighted by atomic mass is 9.84. The van der Waals surface area contributed by atoms with Crippen LogP contribution in [0, 0.1) is 6.92 Å². The van der Waals surface area contributed by atoms with Crippen molar-refractivity contribution in [2.75, 3.05) is 11.4 Å². The fraction of sp³-hybridized carbons (Fsp3) is 0.412. The Bertz CT molecular complexity index is 599. The Morgan fingerprint density at radius 3 is 3.05 bits per heavy atom. The summed E-state index contributed by atoms with van der Waals surface area (Å²) in [6, 6.07) is 6.95. The number of rotatable bonds is 0. The lowest BCUT2D eigenvalue weighted by molar-refractivity contribution is 0.197. The van der Waals surface area contributed by atoms with E-state index in [0.29, 0.717) is 6.04 Å². The first-order chi connectivity index (χ1) is 9.22. The Morgan fingerprint density at radius 2 is 2.16 bits per heavy atom. The van der Waals surface area contributed by atoms with E-state index in [1.807, 2.05) is 0 Å². The fourth-order valence-electron chi connectivity index (χ4n) is 3.64. The number of fused-ring (bicyclic) bond motifs is 2. The number of allylic oxidation sites excluding steroid dienone is 2. The second-order valence-electron chi connectivity index (χ2n) is 5.93. The summed E-state index contributed by atoms with van der Waals surface area (Å²) in [5.74, 6) is 1.04. The highest BCUT2D eigenvalue weighted by molar-refractivity contribution is 5.65. The van der Waals surface area contributed by atoms with E-state index in [1.54, 1.807) is 5.57 Å². The molecule has 1 aliphatic carbocycles. The van der Waals surface area contributed by atoms with Crippen LogP contribution in [0.2, 0.25) is 0 Å². The lowest BCUT2D eigenvalue weighted by Gasteiger charge is -2.48. The summed E-state index contributed by atoms with van der Waals surface area (Å²) in [6.45, 7) is 5.47. The van der Waals surface area contributed by atoms with Crippen LogP contribution in [0.3, 0.4) is 0 Å². The molecule has 0 amide bonds. The molecule has 2 heteroatoms. The van der Waals surface area contributed by atoms with Gasteiger partial charge < -0.3 is 9.64 Å². The Hall–Kier alpha value is -1.70. The molecule has 1 aromatic carbocycles. The van der Waals surface area contributed by atoms with E-state index in [2.05, 4.69) is 49.1 Å². The first-order valence-corrected chi connectivity index (χ1v) is 7.15. The number of nitrogens with zero attached hydrogens (tertiary/aromatic N) is 1. The van der Waals surface area contributed by atoms with Gasteiger partial charge in [0, 0.05) is 6.54 Å². The van der Waals surface area contributed by atoms with Gasteiger partial charge >= 0.3 is 0 Å². The molecule has 0 saturated carbocycles. The van der Waals surface area contributed by atoms with Crippen LogP contribution < -0.4 is 9.64 Å². The smallest absolute Gasteiger partial charge is 0.143 e. The Labute approximate surface area is 114 Å². The number of aryl methyl sites for hydroxylation is 1. The molecule has 2 aliphatic heterocycles. The highest BCUT2D eigenvalue weighted by atomic mass is 16.5. The molecular weight excluding hydrogens is 234 g/mol. The van der Waals surface area contributed by atoms with Crippen molar-refractivity contribution in [2.45, 2.75) is 38.8 Å². The van der Waals surface area contributed by atoms with Gasteiger partial charge in [-0.3, -0.25) is 0 Å². The predicted octanol–water partition coefficient (Wildman–Crippen LogP) is 3.61. The van der Waals surface area contributed by atoms with E-state index in [0.717, 1.165) is 12.3 Å². The summed E-state index contributed by atoms with van der Waals surface area (Å²) in [6.07, 6.45) is 7.28. The molecule has 1 saturated heterocycles. The van der Waals surface area contributed by atoms with Gasteiger partial charge in [0.15, 0.2) is 0 Å². The van der Waals surface area contributed by atoms with Gasteiger partial charge in [-0.2, -0.15) is 0 Å². The third-order valence-electron chi connectivity index (χ3n) is 4.42. The van der Waals surface area contributed by atoms with Crippen LogP contribution in [-0.4, -0.2) is 18.7 Å². The summed E-state index contributed by atoms with van der Waals surface area (Å²) in [7, 11) is 0. The van der Waals surface area contributed by atoms with Crippen molar-refractivity contribution in [3.63, 3.8) is 0 Å². The number of benzene rings is 1. The molecule has 0 aromatic heterocycles. The molecule has 19 heavy (non-hydrogen) atoms. The molecule has 2 nitrogen and oxygen atoms in total. The number of piperidine rings is 1. The minimum Gasteiger partial charge on any atom is -0.482 e. The van der Waals surface area contributed by atoms with Gasteiger partial charge in [-0.05, 0) is 56.0 Å². The van der Waals surface area contributed by atoms with Crippen molar-refractivity contribution in [1.29, 1.82) is 0 Å². The topological polar surface area (TPSA) is 12.5 Å². The van der Waals surface area contributed by atoms with Crippen LogP contribution in [-0.2, 0) is 0 Å². The van der Waals surface area contributed by atoms with E-state index in [1.165, 1.54) is 29.7 Å². The maximum atomic E-state index is 6.24. The van der Waals surface area contributed by atoms with Crippen LogP contribution >= 0.6 is 0 Å². The highest BCUT2D eigenvalue weighted by Crippen LogP contribution is 2.44. The van der Waals surface area contributed by atoms with Crippen molar-refractivity contribution in [2.24, 2.45) is 0 Å². The Morgan fingerprint density at radius 1 is 1.26 bits per heavy atom. The fourth-order valence-corrected chi connectivity index (χ4v) is 3.64. The minimum absolute atomic E-state index is 0.190. The normalized spacial score (nSPS) is 27.8. The molecule has 0 N–H and O–H groups in total. The van der Waals surface area contributed by atoms with Gasteiger partial charge in [0.25, 0.3) is 0 Å². The summed E-state index contributed by atoms with van der Waals surface area (Å²) in [5, 5.41) is 0. The van der Waals surface area contributed by atoms with E-state index in [9.17, 15) is 0 Å². The van der Waals surface area contributed by atoms with E-state index in [4.69, 9.17) is 4.74 Å². The number of anilines is 1. The van der Waals surface area contributed by atoms with Gasteiger partial charge in [-0.1, -0.05) is 17.7 Å². The second kappa shape index (κ2) is 3.89. The van der Waals surface area contributed by atoms with Crippen LogP contribution in [0.4, 0.5) is 5.69 Å². The van der Waals surface area contributed by atoms with E-state index in [-0.39, 0.29) is 6.10 Å². The zero-order chi connectivity index (χ0) is 13.0. The molecule has 98 valence electrons. The molecule has 0 spiro atoms. The van der Waals surface area contributed by atoms with Crippen molar-refractivity contribution >= 4 is 5.69 Å². The first kappa shape index (κ1) is 11.2. The lowest BCUT2D eigenvalue weighted by Crippen LogP contribution is -2.53. The largest absolute Gasteiger partial charge is 0.482 e. The van der Waals surface area contributed by atoms with Gasteiger partial charge in [-0.25, -0.2) is 0 Å². The second-order valence-corrected chi connectivity index (χ2v) is 5.93. The zero-order valence-electron chi connectivity index (χ0n) is 11.5. The van der Waals surface area contributed by atoms with Gasteiger partial charge in [0.05, 0.1) is 11.7 Å². The van der Waals surface area contributed by atoms with Gasteiger partial charge in [0.2, 0.25) is 0 Å². The third kappa shape index (κ3) is 1.62. The van der Waals surface area contributed by atoms with Gasteiger partial charge in [-0.15, -0.1) is 0 Å². The molecule has 3 aliphatic rings. The van der Waals surface area contributed by atoms with Gasteiger partial charge in [0.1, 0.15) is 11.9 Å². The Balaban J connectivity index is 1.86. The molecule has 1 aromatic rings. The number of ether oxygens (including phenoxy) is 1. The average molecular weight is 253 g/mol. The zero-order valence-corrected chi connectivity index (χ0v) is 11.5. The molecule has 2 heterocycles. The first-order valence-electron chi connectivity index (χ1n) is 7.15.